The van der Waals surface area contributed by atoms with E-state index in [0.717, 1.165) is 12.2 Å². The van der Waals surface area contributed by atoms with Gasteiger partial charge >= 0.3 is 0 Å². The highest BCUT2D eigenvalue weighted by atomic mass is 16.3. The van der Waals surface area contributed by atoms with Gasteiger partial charge in [0.2, 0.25) is 0 Å². The Morgan fingerprint density at radius 3 is 2.95 bits per heavy atom. The topological polar surface area (TPSA) is 71.2 Å². The molecule has 2 aromatic heterocycles. The maximum absolute atomic E-state index is 12.5. The Labute approximate surface area is 123 Å². The smallest absolute Gasteiger partial charge is 0.257 e. The van der Waals surface area contributed by atoms with Crippen LogP contribution in [0.1, 0.15) is 23.2 Å². The molecule has 6 nitrogen and oxygen atoms in total. The van der Waals surface area contributed by atoms with Crippen molar-refractivity contribution in [3.05, 3.63) is 42.5 Å². The molecule has 0 radical (unpaired) electrons. The molecule has 1 amide bonds. The highest BCUT2D eigenvalue weighted by Crippen LogP contribution is 2.30. The predicted octanol–water partition coefficient (Wildman–Crippen LogP) is 1.11. The molecule has 1 aliphatic carbocycles. The molecular weight excluding hydrogens is 268 g/mol. The quantitative estimate of drug-likeness (QED) is 0.863. The number of carbonyl (C=O) groups is 1. The van der Waals surface area contributed by atoms with Crippen molar-refractivity contribution in [1.82, 2.24) is 19.7 Å². The molecule has 0 aliphatic heterocycles. The third-order valence-electron chi connectivity index (χ3n) is 3.57. The average molecular weight is 286 g/mol. The molecule has 21 heavy (non-hydrogen) atoms. The first-order valence-electron chi connectivity index (χ1n) is 7.13. The fraction of sp³-hybridized carbons (Fsp3) is 0.400. The Hall–Kier alpha value is -2.21. The van der Waals surface area contributed by atoms with Crippen LogP contribution in [0.5, 0.6) is 0 Å². The molecular formula is C15H18N4O2. The zero-order valence-corrected chi connectivity index (χ0v) is 11.7. The lowest BCUT2D eigenvalue weighted by Gasteiger charge is -2.20. The van der Waals surface area contributed by atoms with Gasteiger partial charge in [-0.25, -0.2) is 4.68 Å². The van der Waals surface area contributed by atoms with Gasteiger partial charge in [0.05, 0.1) is 30.3 Å². The van der Waals surface area contributed by atoms with Crippen LogP contribution in [-0.2, 0) is 0 Å². The van der Waals surface area contributed by atoms with Crippen molar-refractivity contribution in [2.24, 2.45) is 5.92 Å². The Morgan fingerprint density at radius 1 is 1.43 bits per heavy atom. The number of hydrogen-bond acceptors (Lipinski definition) is 4. The molecule has 2 heterocycles. The standard InChI is InChI=1S/C15H18N4O2/c20-7-6-18(10-12-3-4-12)15(21)13-8-17-19(11-13)14-2-1-5-16-9-14/h1-2,5,8-9,11-12,20H,3-4,6-7,10H2. The molecule has 2 aromatic rings. The number of aliphatic hydroxyl groups excluding tert-OH is 1. The van der Waals surface area contributed by atoms with E-state index < -0.39 is 0 Å². The normalized spacial score (nSPS) is 14.1. The number of carbonyl (C=O) groups excluding carboxylic acids is 1. The Balaban J connectivity index is 1.76. The van der Waals surface area contributed by atoms with Gasteiger partial charge in [-0.05, 0) is 30.9 Å². The van der Waals surface area contributed by atoms with Crippen molar-refractivity contribution in [2.75, 3.05) is 19.7 Å². The summed E-state index contributed by atoms with van der Waals surface area (Å²) in [5.74, 6) is 0.514. The lowest BCUT2D eigenvalue weighted by atomic mass is 10.2. The molecule has 0 spiro atoms. The first kappa shape index (κ1) is 13.8. The molecule has 3 rings (SSSR count). The summed E-state index contributed by atoms with van der Waals surface area (Å²) < 4.78 is 1.63. The van der Waals surface area contributed by atoms with Crippen molar-refractivity contribution in [1.29, 1.82) is 0 Å². The van der Waals surface area contributed by atoms with Crippen LogP contribution in [0.3, 0.4) is 0 Å². The lowest BCUT2D eigenvalue weighted by Crippen LogP contribution is -2.35. The summed E-state index contributed by atoms with van der Waals surface area (Å²) in [6.07, 6.45) is 8.99. The van der Waals surface area contributed by atoms with Gasteiger partial charge < -0.3 is 10.0 Å². The van der Waals surface area contributed by atoms with E-state index >= 15 is 0 Å². The molecule has 1 fully saturated rings. The van der Waals surface area contributed by atoms with Gasteiger partial charge in [0.25, 0.3) is 5.91 Å². The number of hydrogen-bond donors (Lipinski definition) is 1. The van der Waals surface area contributed by atoms with Crippen LogP contribution in [0.4, 0.5) is 0 Å². The Kier molecular flexibility index (Phi) is 3.96. The molecule has 1 aliphatic rings. The van der Waals surface area contributed by atoms with Gasteiger partial charge in [0.15, 0.2) is 0 Å². The second-order valence-electron chi connectivity index (χ2n) is 5.30. The molecule has 0 atom stereocenters. The molecule has 0 aromatic carbocycles. The van der Waals surface area contributed by atoms with Gasteiger partial charge in [-0.15, -0.1) is 0 Å². The van der Waals surface area contributed by atoms with Crippen LogP contribution in [0.15, 0.2) is 36.9 Å². The fourth-order valence-corrected chi connectivity index (χ4v) is 2.25. The van der Waals surface area contributed by atoms with E-state index in [9.17, 15) is 4.79 Å². The minimum Gasteiger partial charge on any atom is -0.395 e. The molecule has 6 heteroatoms. The maximum atomic E-state index is 12.5. The van der Waals surface area contributed by atoms with Crippen LogP contribution in [0.2, 0.25) is 0 Å². The number of amides is 1. The van der Waals surface area contributed by atoms with Crippen LogP contribution in [-0.4, -0.2) is 50.4 Å². The SMILES string of the molecule is O=C(c1cnn(-c2cccnc2)c1)N(CCO)CC1CC1. The van der Waals surface area contributed by atoms with E-state index in [4.69, 9.17) is 5.11 Å². The maximum Gasteiger partial charge on any atom is 0.257 e. The zero-order chi connectivity index (χ0) is 14.7. The molecule has 110 valence electrons. The predicted molar refractivity (Wildman–Crippen MR) is 77.1 cm³/mol. The van der Waals surface area contributed by atoms with E-state index in [1.165, 1.54) is 12.8 Å². The van der Waals surface area contributed by atoms with E-state index in [-0.39, 0.29) is 12.5 Å². The summed E-state index contributed by atoms with van der Waals surface area (Å²) in [4.78, 5) is 18.2. The number of rotatable bonds is 6. The van der Waals surface area contributed by atoms with Gasteiger partial charge in [-0.2, -0.15) is 5.10 Å². The van der Waals surface area contributed by atoms with Crippen molar-refractivity contribution in [3.8, 4) is 5.69 Å². The van der Waals surface area contributed by atoms with Gasteiger partial charge in [-0.3, -0.25) is 9.78 Å². The van der Waals surface area contributed by atoms with Crippen LogP contribution >= 0.6 is 0 Å². The summed E-state index contributed by atoms with van der Waals surface area (Å²) in [7, 11) is 0. The van der Waals surface area contributed by atoms with E-state index in [2.05, 4.69) is 10.1 Å². The summed E-state index contributed by atoms with van der Waals surface area (Å²) in [6, 6.07) is 3.70. The largest absolute Gasteiger partial charge is 0.395 e. The highest BCUT2D eigenvalue weighted by molar-refractivity contribution is 5.93. The summed E-state index contributed by atoms with van der Waals surface area (Å²) >= 11 is 0. The minimum absolute atomic E-state index is 0.0186. The van der Waals surface area contributed by atoms with Crippen LogP contribution < -0.4 is 0 Å². The average Bonchev–Trinajstić information content (AvgIpc) is 3.20. The molecule has 0 saturated heterocycles. The summed E-state index contributed by atoms with van der Waals surface area (Å²) in [5.41, 5.74) is 1.35. The minimum atomic E-state index is -0.0777. The van der Waals surface area contributed by atoms with Crippen LogP contribution in [0.25, 0.3) is 5.69 Å². The van der Waals surface area contributed by atoms with Crippen molar-refractivity contribution in [3.63, 3.8) is 0 Å². The second kappa shape index (κ2) is 6.05. The number of nitrogens with zero attached hydrogens (tertiary/aromatic N) is 4. The first-order chi connectivity index (χ1) is 10.3. The van der Waals surface area contributed by atoms with Crippen molar-refractivity contribution < 1.29 is 9.90 Å². The van der Waals surface area contributed by atoms with Gasteiger partial charge in [0, 0.05) is 25.5 Å². The van der Waals surface area contributed by atoms with Crippen molar-refractivity contribution >= 4 is 5.91 Å². The second-order valence-corrected chi connectivity index (χ2v) is 5.30. The lowest BCUT2D eigenvalue weighted by molar-refractivity contribution is 0.0713. The van der Waals surface area contributed by atoms with E-state index in [1.54, 1.807) is 34.4 Å². The third-order valence-corrected chi connectivity index (χ3v) is 3.57. The Bertz CT molecular complexity index is 607. The zero-order valence-electron chi connectivity index (χ0n) is 11.7. The van der Waals surface area contributed by atoms with E-state index in [1.807, 2.05) is 12.1 Å². The molecule has 1 saturated carbocycles. The van der Waals surface area contributed by atoms with Gasteiger partial charge in [-0.1, -0.05) is 0 Å². The number of aromatic nitrogens is 3. The van der Waals surface area contributed by atoms with Gasteiger partial charge in [0.1, 0.15) is 0 Å². The third kappa shape index (κ3) is 3.28. The fourth-order valence-electron chi connectivity index (χ4n) is 2.25. The number of pyridine rings is 1. The van der Waals surface area contributed by atoms with Crippen LogP contribution in [0, 0.1) is 5.92 Å². The molecule has 0 bridgehead atoms. The number of aliphatic hydroxyl groups is 1. The Morgan fingerprint density at radius 2 is 2.29 bits per heavy atom. The van der Waals surface area contributed by atoms with Crippen molar-refractivity contribution in [2.45, 2.75) is 12.8 Å². The summed E-state index contributed by atoms with van der Waals surface area (Å²) in [5, 5.41) is 13.3. The highest BCUT2D eigenvalue weighted by Gasteiger charge is 2.27. The first-order valence-corrected chi connectivity index (χ1v) is 7.13. The summed E-state index contributed by atoms with van der Waals surface area (Å²) in [6.45, 7) is 1.07. The van der Waals surface area contributed by atoms with E-state index in [0.29, 0.717) is 18.0 Å². The molecule has 1 N–H and O–H groups in total. The molecule has 0 unspecified atom stereocenters. The monoisotopic (exact) mass is 286 g/mol.